The third-order valence-corrected chi connectivity index (χ3v) is 2.46. The maximum atomic E-state index is 13.3. The lowest BCUT2D eigenvalue weighted by Crippen LogP contribution is -1.96. The summed E-state index contributed by atoms with van der Waals surface area (Å²) < 4.78 is 15.2. The molecule has 3 nitrogen and oxygen atoms in total. The first-order valence-corrected chi connectivity index (χ1v) is 4.74. The van der Waals surface area contributed by atoms with Crippen molar-refractivity contribution in [3.63, 3.8) is 0 Å². The average molecular weight is 203 g/mol. The van der Waals surface area contributed by atoms with Gasteiger partial charge in [-0.2, -0.15) is 5.26 Å². The zero-order valence-electron chi connectivity index (χ0n) is 8.58. The van der Waals surface area contributed by atoms with Gasteiger partial charge in [0.2, 0.25) is 0 Å². The van der Waals surface area contributed by atoms with E-state index in [4.69, 9.17) is 5.26 Å². The van der Waals surface area contributed by atoms with Crippen LogP contribution in [0.4, 0.5) is 4.39 Å². The number of benzene rings is 1. The number of nitrogens with zero attached hydrogens (tertiary/aromatic N) is 3. The fourth-order valence-electron chi connectivity index (χ4n) is 1.75. The van der Waals surface area contributed by atoms with Crippen molar-refractivity contribution >= 4 is 11.0 Å². The topological polar surface area (TPSA) is 41.6 Å². The minimum Gasteiger partial charge on any atom is -0.328 e. The summed E-state index contributed by atoms with van der Waals surface area (Å²) in [6, 6.07) is 4.69. The highest BCUT2D eigenvalue weighted by molar-refractivity contribution is 5.78. The van der Waals surface area contributed by atoms with Crippen LogP contribution in [0.3, 0.4) is 0 Å². The van der Waals surface area contributed by atoms with E-state index in [1.807, 2.05) is 24.5 Å². The van der Waals surface area contributed by atoms with Gasteiger partial charge in [-0.3, -0.25) is 0 Å². The largest absolute Gasteiger partial charge is 0.328 e. The Hall–Kier alpha value is -1.89. The van der Waals surface area contributed by atoms with Gasteiger partial charge in [-0.25, -0.2) is 9.37 Å². The fourth-order valence-corrected chi connectivity index (χ4v) is 1.75. The number of nitriles is 1. The SMILES string of the molecule is CCn1c(C)nc2cc(F)c(C#N)cc21. The van der Waals surface area contributed by atoms with Crippen LogP contribution in [0.15, 0.2) is 12.1 Å². The summed E-state index contributed by atoms with van der Waals surface area (Å²) in [6.45, 7) is 4.62. The minimum atomic E-state index is -0.509. The van der Waals surface area contributed by atoms with Crippen LogP contribution in [0, 0.1) is 24.1 Å². The Labute approximate surface area is 86.8 Å². The smallest absolute Gasteiger partial charge is 0.143 e. The van der Waals surface area contributed by atoms with Gasteiger partial charge in [-0.1, -0.05) is 0 Å². The van der Waals surface area contributed by atoms with Crippen molar-refractivity contribution in [3.05, 3.63) is 29.3 Å². The van der Waals surface area contributed by atoms with Gasteiger partial charge in [-0.15, -0.1) is 0 Å². The second-order valence-corrected chi connectivity index (χ2v) is 3.34. The molecule has 2 aromatic rings. The van der Waals surface area contributed by atoms with Crippen LogP contribution in [-0.4, -0.2) is 9.55 Å². The number of fused-ring (bicyclic) bond motifs is 1. The third-order valence-electron chi connectivity index (χ3n) is 2.46. The molecule has 0 unspecified atom stereocenters. The van der Waals surface area contributed by atoms with Gasteiger partial charge in [0.15, 0.2) is 0 Å². The molecule has 1 aromatic carbocycles. The van der Waals surface area contributed by atoms with E-state index >= 15 is 0 Å². The normalized spacial score (nSPS) is 10.5. The van der Waals surface area contributed by atoms with Gasteiger partial charge in [0.05, 0.1) is 16.6 Å². The second-order valence-electron chi connectivity index (χ2n) is 3.34. The molecule has 0 amide bonds. The Balaban J connectivity index is 2.84. The maximum absolute atomic E-state index is 13.3. The summed E-state index contributed by atoms with van der Waals surface area (Å²) in [7, 11) is 0. The monoisotopic (exact) mass is 203 g/mol. The minimum absolute atomic E-state index is 0.0668. The molecular formula is C11H10FN3. The summed E-state index contributed by atoms with van der Waals surface area (Å²) in [4.78, 5) is 4.23. The lowest BCUT2D eigenvalue weighted by molar-refractivity contribution is 0.625. The van der Waals surface area contributed by atoms with Crippen molar-refractivity contribution < 1.29 is 4.39 Å². The molecule has 0 aliphatic rings. The van der Waals surface area contributed by atoms with Crippen molar-refractivity contribution in [1.82, 2.24) is 9.55 Å². The molecule has 1 heterocycles. The first-order valence-electron chi connectivity index (χ1n) is 4.74. The van der Waals surface area contributed by atoms with E-state index in [0.717, 1.165) is 17.9 Å². The van der Waals surface area contributed by atoms with Crippen LogP contribution in [0.25, 0.3) is 11.0 Å². The van der Waals surface area contributed by atoms with Gasteiger partial charge < -0.3 is 4.57 Å². The van der Waals surface area contributed by atoms with Crippen molar-refractivity contribution in [3.8, 4) is 6.07 Å². The molecule has 0 spiro atoms. The molecule has 1 aromatic heterocycles. The van der Waals surface area contributed by atoms with Crippen molar-refractivity contribution in [2.75, 3.05) is 0 Å². The maximum Gasteiger partial charge on any atom is 0.143 e. The summed E-state index contributed by atoms with van der Waals surface area (Å²) in [5.74, 6) is 0.327. The van der Waals surface area contributed by atoms with E-state index in [-0.39, 0.29) is 5.56 Å². The zero-order chi connectivity index (χ0) is 11.0. The molecule has 2 rings (SSSR count). The lowest BCUT2D eigenvalue weighted by atomic mass is 10.2. The van der Waals surface area contributed by atoms with Gasteiger partial charge >= 0.3 is 0 Å². The summed E-state index contributed by atoms with van der Waals surface area (Å²) in [5.41, 5.74) is 1.48. The molecule has 15 heavy (non-hydrogen) atoms. The molecular weight excluding hydrogens is 193 g/mol. The van der Waals surface area contributed by atoms with Crippen LogP contribution < -0.4 is 0 Å². The van der Waals surface area contributed by atoms with Gasteiger partial charge in [0.25, 0.3) is 0 Å². The summed E-state index contributed by atoms with van der Waals surface area (Å²) in [5, 5.41) is 8.73. The van der Waals surface area contributed by atoms with Crippen LogP contribution in [0.5, 0.6) is 0 Å². The van der Waals surface area contributed by atoms with Crippen LogP contribution in [0.1, 0.15) is 18.3 Å². The average Bonchev–Trinajstić information content (AvgIpc) is 2.51. The zero-order valence-corrected chi connectivity index (χ0v) is 8.58. The highest BCUT2D eigenvalue weighted by atomic mass is 19.1. The van der Waals surface area contributed by atoms with E-state index in [2.05, 4.69) is 4.98 Å². The van der Waals surface area contributed by atoms with Crippen LogP contribution in [-0.2, 0) is 6.54 Å². The Morgan fingerprint density at radius 2 is 2.27 bits per heavy atom. The number of aromatic nitrogens is 2. The number of rotatable bonds is 1. The van der Waals surface area contributed by atoms with Gasteiger partial charge in [0, 0.05) is 12.6 Å². The van der Waals surface area contributed by atoms with Crippen molar-refractivity contribution in [2.45, 2.75) is 20.4 Å². The Bertz CT molecular complexity index is 563. The van der Waals surface area contributed by atoms with Crippen LogP contribution >= 0.6 is 0 Å². The van der Waals surface area contributed by atoms with E-state index in [0.29, 0.717) is 5.52 Å². The Kier molecular flexibility index (Phi) is 2.16. The predicted octanol–water partition coefficient (Wildman–Crippen LogP) is 2.38. The highest BCUT2D eigenvalue weighted by Crippen LogP contribution is 2.19. The third kappa shape index (κ3) is 1.37. The first kappa shape index (κ1) is 9.66. The molecule has 0 aliphatic carbocycles. The molecule has 0 atom stereocenters. The standard InChI is InChI=1S/C11H10FN3/c1-3-15-7(2)14-10-5-9(12)8(6-13)4-11(10)15/h4-5H,3H2,1-2H3. The lowest BCUT2D eigenvalue weighted by Gasteiger charge is -2.01. The van der Waals surface area contributed by atoms with Crippen LogP contribution in [0.2, 0.25) is 0 Å². The number of hydrogen-bond acceptors (Lipinski definition) is 2. The highest BCUT2D eigenvalue weighted by Gasteiger charge is 2.10. The quantitative estimate of drug-likeness (QED) is 0.714. The Morgan fingerprint density at radius 1 is 1.53 bits per heavy atom. The number of aryl methyl sites for hydroxylation is 2. The second kappa shape index (κ2) is 3.35. The van der Waals surface area contributed by atoms with Gasteiger partial charge in [0.1, 0.15) is 17.7 Å². The number of halogens is 1. The van der Waals surface area contributed by atoms with E-state index in [1.54, 1.807) is 6.07 Å². The van der Waals surface area contributed by atoms with E-state index < -0.39 is 5.82 Å². The fraction of sp³-hybridized carbons (Fsp3) is 0.273. The van der Waals surface area contributed by atoms with Crippen molar-refractivity contribution in [1.29, 1.82) is 5.26 Å². The first-order chi connectivity index (χ1) is 7.17. The van der Waals surface area contributed by atoms with E-state index in [1.165, 1.54) is 6.07 Å². The van der Waals surface area contributed by atoms with E-state index in [9.17, 15) is 4.39 Å². The molecule has 0 aliphatic heterocycles. The Morgan fingerprint density at radius 3 is 2.87 bits per heavy atom. The van der Waals surface area contributed by atoms with Gasteiger partial charge in [-0.05, 0) is 19.9 Å². The summed E-state index contributed by atoms with van der Waals surface area (Å²) >= 11 is 0. The molecule has 0 radical (unpaired) electrons. The molecule has 0 saturated heterocycles. The molecule has 0 saturated carbocycles. The van der Waals surface area contributed by atoms with Crippen molar-refractivity contribution in [2.24, 2.45) is 0 Å². The predicted molar refractivity (Wildman–Crippen MR) is 54.8 cm³/mol. The molecule has 0 fully saturated rings. The molecule has 0 bridgehead atoms. The molecule has 76 valence electrons. The molecule has 0 N–H and O–H groups in total. The molecule has 4 heteroatoms. The summed E-state index contributed by atoms with van der Waals surface area (Å²) in [6.07, 6.45) is 0. The number of imidazole rings is 1. The number of hydrogen-bond donors (Lipinski definition) is 0.